The lowest BCUT2D eigenvalue weighted by Gasteiger charge is -2.24. The average molecular weight is 208 g/mol. The van der Waals surface area contributed by atoms with E-state index < -0.39 is 11.6 Å². The molecule has 3 heteroatoms. The quantitative estimate of drug-likeness (QED) is 0.640. The zero-order chi connectivity index (χ0) is 10.6. The van der Waals surface area contributed by atoms with E-state index in [1.807, 2.05) is 0 Å². The molecule has 1 aromatic rings. The fraction of sp³-hybridized carbons (Fsp3) is 0.417. The van der Waals surface area contributed by atoms with Crippen molar-refractivity contribution in [3.63, 3.8) is 0 Å². The first-order chi connectivity index (χ1) is 7.12. The standard InChI is InChI=1S/C12H10F2O/c13-7-5-8-10(15)1-2-12(3-4-12)11(8)9(14)6-7/h5-6H,1-4H2. The van der Waals surface area contributed by atoms with Crippen LogP contribution in [0.4, 0.5) is 8.78 Å². The molecule has 0 radical (unpaired) electrons. The zero-order valence-corrected chi connectivity index (χ0v) is 8.15. The van der Waals surface area contributed by atoms with E-state index in [0.29, 0.717) is 12.0 Å². The minimum Gasteiger partial charge on any atom is -0.294 e. The highest BCUT2D eigenvalue weighted by Crippen LogP contribution is 2.56. The van der Waals surface area contributed by atoms with E-state index in [2.05, 4.69) is 0 Å². The lowest BCUT2D eigenvalue weighted by molar-refractivity contribution is 0.0962. The maximum Gasteiger partial charge on any atom is 0.163 e. The Morgan fingerprint density at radius 1 is 1.13 bits per heavy atom. The number of halogens is 2. The molecule has 0 heterocycles. The van der Waals surface area contributed by atoms with Gasteiger partial charge in [-0.25, -0.2) is 8.78 Å². The molecule has 0 aliphatic heterocycles. The van der Waals surface area contributed by atoms with Crippen molar-refractivity contribution in [2.24, 2.45) is 0 Å². The first-order valence-corrected chi connectivity index (χ1v) is 5.15. The van der Waals surface area contributed by atoms with Gasteiger partial charge in [0.25, 0.3) is 0 Å². The summed E-state index contributed by atoms with van der Waals surface area (Å²) in [5.74, 6) is -1.33. The number of fused-ring (bicyclic) bond motifs is 2. The third-order valence-corrected chi connectivity index (χ3v) is 3.57. The van der Waals surface area contributed by atoms with E-state index in [-0.39, 0.29) is 16.8 Å². The molecule has 3 rings (SSSR count). The number of carbonyl (C=O) groups excluding carboxylic acids is 1. The van der Waals surface area contributed by atoms with E-state index in [1.165, 1.54) is 6.07 Å². The number of carbonyl (C=O) groups is 1. The van der Waals surface area contributed by atoms with Crippen molar-refractivity contribution < 1.29 is 13.6 Å². The van der Waals surface area contributed by atoms with Gasteiger partial charge in [0.15, 0.2) is 5.78 Å². The van der Waals surface area contributed by atoms with Crippen LogP contribution in [0.15, 0.2) is 12.1 Å². The molecule has 78 valence electrons. The smallest absolute Gasteiger partial charge is 0.163 e. The summed E-state index contributed by atoms with van der Waals surface area (Å²) in [6, 6.07) is 2.07. The number of hydrogen-bond donors (Lipinski definition) is 0. The Hall–Kier alpha value is -1.25. The highest BCUT2D eigenvalue weighted by molar-refractivity contribution is 5.99. The van der Waals surface area contributed by atoms with Gasteiger partial charge in [-0.3, -0.25) is 4.79 Å². The summed E-state index contributed by atoms with van der Waals surface area (Å²) < 4.78 is 26.7. The summed E-state index contributed by atoms with van der Waals surface area (Å²) in [6.07, 6.45) is 3.00. The largest absolute Gasteiger partial charge is 0.294 e. The molecule has 2 aliphatic rings. The van der Waals surface area contributed by atoms with Gasteiger partial charge in [0.2, 0.25) is 0 Å². The summed E-state index contributed by atoms with van der Waals surface area (Å²) in [5, 5.41) is 0. The van der Waals surface area contributed by atoms with E-state index in [4.69, 9.17) is 0 Å². The Balaban J connectivity index is 2.28. The van der Waals surface area contributed by atoms with Gasteiger partial charge in [-0.15, -0.1) is 0 Å². The van der Waals surface area contributed by atoms with Crippen molar-refractivity contribution >= 4 is 5.78 Å². The van der Waals surface area contributed by atoms with Crippen molar-refractivity contribution in [1.82, 2.24) is 0 Å². The van der Waals surface area contributed by atoms with E-state index in [1.54, 1.807) is 0 Å². The highest BCUT2D eigenvalue weighted by Gasteiger charge is 2.50. The van der Waals surface area contributed by atoms with Crippen LogP contribution in [0.25, 0.3) is 0 Å². The highest BCUT2D eigenvalue weighted by atomic mass is 19.1. The fourth-order valence-electron chi connectivity index (χ4n) is 2.60. The van der Waals surface area contributed by atoms with Crippen LogP contribution < -0.4 is 0 Å². The molecule has 1 spiro atoms. The summed E-state index contributed by atoms with van der Waals surface area (Å²) in [5.41, 5.74) is 0.609. The second-order valence-electron chi connectivity index (χ2n) is 4.51. The normalized spacial score (nSPS) is 21.6. The maximum absolute atomic E-state index is 13.6. The maximum atomic E-state index is 13.6. The summed E-state index contributed by atoms with van der Waals surface area (Å²) >= 11 is 0. The molecular weight excluding hydrogens is 198 g/mol. The monoisotopic (exact) mass is 208 g/mol. The van der Waals surface area contributed by atoms with Gasteiger partial charge in [-0.1, -0.05) is 0 Å². The molecule has 0 N–H and O–H groups in total. The minimum atomic E-state index is -0.655. The third-order valence-electron chi connectivity index (χ3n) is 3.57. The Labute approximate surface area is 86.1 Å². The topological polar surface area (TPSA) is 17.1 Å². The molecule has 1 saturated carbocycles. The van der Waals surface area contributed by atoms with Gasteiger partial charge >= 0.3 is 0 Å². The van der Waals surface area contributed by atoms with Crippen molar-refractivity contribution in [3.8, 4) is 0 Å². The molecular formula is C12H10F2O. The molecule has 1 aromatic carbocycles. The van der Waals surface area contributed by atoms with Crippen molar-refractivity contribution in [3.05, 3.63) is 34.9 Å². The first kappa shape index (κ1) is 9.01. The van der Waals surface area contributed by atoms with Crippen LogP contribution in [-0.4, -0.2) is 5.78 Å². The molecule has 0 atom stereocenters. The predicted octanol–water partition coefficient (Wildman–Crippen LogP) is 2.97. The number of benzene rings is 1. The van der Waals surface area contributed by atoms with Gasteiger partial charge in [-0.05, 0) is 30.7 Å². The van der Waals surface area contributed by atoms with Crippen LogP contribution in [0.3, 0.4) is 0 Å². The van der Waals surface area contributed by atoms with Gasteiger partial charge in [-0.2, -0.15) is 0 Å². The summed E-state index contributed by atoms with van der Waals surface area (Å²) in [6.45, 7) is 0. The minimum absolute atomic E-state index is 0.124. The van der Waals surface area contributed by atoms with Crippen LogP contribution in [0.2, 0.25) is 0 Å². The summed E-state index contributed by atoms with van der Waals surface area (Å²) in [4.78, 5) is 11.6. The van der Waals surface area contributed by atoms with Crippen molar-refractivity contribution in [2.75, 3.05) is 0 Å². The second-order valence-corrected chi connectivity index (χ2v) is 4.51. The van der Waals surface area contributed by atoms with Gasteiger partial charge in [0.1, 0.15) is 11.6 Å². The molecule has 15 heavy (non-hydrogen) atoms. The fourth-order valence-corrected chi connectivity index (χ4v) is 2.60. The lowest BCUT2D eigenvalue weighted by atomic mass is 9.79. The van der Waals surface area contributed by atoms with Crippen LogP contribution >= 0.6 is 0 Å². The van der Waals surface area contributed by atoms with E-state index in [9.17, 15) is 13.6 Å². The van der Waals surface area contributed by atoms with Gasteiger partial charge in [0, 0.05) is 23.6 Å². The number of ketones is 1. The lowest BCUT2D eigenvalue weighted by Crippen LogP contribution is -2.23. The number of Topliss-reactive ketones (excluding diaryl/α,β-unsaturated/α-hetero) is 1. The zero-order valence-electron chi connectivity index (χ0n) is 8.15. The average Bonchev–Trinajstić information content (AvgIpc) is 2.92. The molecule has 0 aromatic heterocycles. The van der Waals surface area contributed by atoms with Gasteiger partial charge < -0.3 is 0 Å². The third kappa shape index (κ3) is 1.15. The molecule has 0 amide bonds. The van der Waals surface area contributed by atoms with Crippen LogP contribution in [-0.2, 0) is 5.41 Å². The number of rotatable bonds is 0. The van der Waals surface area contributed by atoms with E-state index >= 15 is 0 Å². The molecule has 0 bridgehead atoms. The number of hydrogen-bond acceptors (Lipinski definition) is 1. The SMILES string of the molecule is O=C1CCC2(CC2)c2c(F)cc(F)cc21. The summed E-state index contributed by atoms with van der Waals surface area (Å²) in [7, 11) is 0. The first-order valence-electron chi connectivity index (χ1n) is 5.15. The van der Waals surface area contributed by atoms with E-state index in [0.717, 1.165) is 25.3 Å². The molecule has 1 fully saturated rings. The molecule has 1 nitrogen and oxygen atoms in total. The van der Waals surface area contributed by atoms with Crippen molar-refractivity contribution in [1.29, 1.82) is 0 Å². The Bertz CT molecular complexity index is 461. The predicted molar refractivity (Wildman–Crippen MR) is 50.8 cm³/mol. The van der Waals surface area contributed by atoms with Crippen LogP contribution in [0.1, 0.15) is 41.6 Å². The Kier molecular flexibility index (Phi) is 1.59. The second kappa shape index (κ2) is 2.65. The van der Waals surface area contributed by atoms with Crippen molar-refractivity contribution in [2.45, 2.75) is 31.1 Å². The van der Waals surface area contributed by atoms with Crippen LogP contribution in [0.5, 0.6) is 0 Å². The van der Waals surface area contributed by atoms with Crippen LogP contribution in [0, 0.1) is 11.6 Å². The molecule has 0 saturated heterocycles. The Morgan fingerprint density at radius 3 is 2.53 bits per heavy atom. The Morgan fingerprint density at radius 2 is 1.87 bits per heavy atom. The van der Waals surface area contributed by atoms with Gasteiger partial charge in [0.05, 0.1) is 0 Å². The molecule has 0 unspecified atom stereocenters. The molecule has 2 aliphatic carbocycles.